The van der Waals surface area contributed by atoms with E-state index in [4.69, 9.17) is 10.5 Å². The van der Waals surface area contributed by atoms with Gasteiger partial charge in [-0.05, 0) is 31.4 Å². The predicted molar refractivity (Wildman–Crippen MR) is 102 cm³/mol. The molecule has 2 fully saturated rings. The van der Waals surface area contributed by atoms with E-state index < -0.39 is 0 Å². The highest BCUT2D eigenvalue weighted by atomic mass is 16.5. The molecule has 0 radical (unpaired) electrons. The van der Waals surface area contributed by atoms with E-state index in [9.17, 15) is 14.4 Å². The Balaban J connectivity index is 1.46. The molecule has 1 aliphatic carbocycles. The number of nitrogens with two attached hydrogens (primary N) is 1. The van der Waals surface area contributed by atoms with Crippen molar-refractivity contribution in [3.63, 3.8) is 0 Å². The lowest BCUT2D eigenvalue weighted by Gasteiger charge is -2.45. The topological polar surface area (TPSA) is 108 Å². The zero-order valence-electron chi connectivity index (χ0n) is 15.6. The molecule has 8 heteroatoms. The molecule has 2 amide bonds. The minimum absolute atomic E-state index is 0.0384. The van der Waals surface area contributed by atoms with Crippen LogP contribution in [0.3, 0.4) is 0 Å². The second-order valence-corrected chi connectivity index (χ2v) is 7.49. The highest BCUT2D eigenvalue weighted by molar-refractivity contribution is 5.79. The van der Waals surface area contributed by atoms with Crippen LogP contribution in [-0.2, 0) is 20.9 Å². The van der Waals surface area contributed by atoms with Crippen molar-refractivity contribution in [3.8, 4) is 0 Å². The van der Waals surface area contributed by atoms with Crippen molar-refractivity contribution in [1.82, 2.24) is 14.5 Å². The number of aryl methyl sites for hydroxylation is 1. The first kappa shape index (κ1) is 18.6. The van der Waals surface area contributed by atoms with Crippen LogP contribution in [0.15, 0.2) is 35.4 Å². The van der Waals surface area contributed by atoms with Crippen LogP contribution in [0.4, 0.5) is 0 Å². The van der Waals surface area contributed by atoms with Crippen LogP contribution in [0.1, 0.15) is 25.7 Å². The molecule has 1 aromatic carbocycles. The number of aromatic nitrogens is 2. The molecule has 0 bridgehead atoms. The summed E-state index contributed by atoms with van der Waals surface area (Å²) in [7, 11) is 0. The Bertz CT molecular complexity index is 957. The summed E-state index contributed by atoms with van der Waals surface area (Å²) >= 11 is 0. The third-order valence-electron chi connectivity index (χ3n) is 5.84. The molecule has 2 heterocycles. The fourth-order valence-electron chi connectivity index (χ4n) is 4.30. The summed E-state index contributed by atoms with van der Waals surface area (Å²) in [5.41, 5.74) is 5.97. The number of para-hydroxylation sites is 1. The van der Waals surface area contributed by atoms with Gasteiger partial charge in [0.2, 0.25) is 11.8 Å². The normalized spacial score (nSPS) is 24.7. The number of amides is 2. The number of primary amides is 1. The first-order valence-electron chi connectivity index (χ1n) is 9.69. The van der Waals surface area contributed by atoms with Gasteiger partial charge in [0.1, 0.15) is 0 Å². The average Bonchev–Trinajstić information content (AvgIpc) is 2.72. The number of ether oxygens (including phenoxy) is 1. The summed E-state index contributed by atoms with van der Waals surface area (Å²) in [5, 5.41) is 0.542. The average molecular weight is 384 g/mol. The Labute approximate surface area is 162 Å². The van der Waals surface area contributed by atoms with Gasteiger partial charge in [0.05, 0.1) is 36.0 Å². The number of carbonyl (C=O) groups excluding carboxylic acids is 2. The van der Waals surface area contributed by atoms with Crippen LogP contribution >= 0.6 is 0 Å². The highest BCUT2D eigenvalue weighted by Crippen LogP contribution is 2.32. The van der Waals surface area contributed by atoms with Crippen molar-refractivity contribution in [2.75, 3.05) is 13.2 Å². The standard InChI is InChI=1S/C20H24N4O4/c21-19(26)13-5-6-17-16(11-13)24(9-10-28-17)18(25)7-8-23-12-22-15-4-2-1-3-14(15)20(23)27/h1-4,12-13,16-17H,5-11H2,(H2,21,26)/t13-,16+,17+/m0/s1. The maximum Gasteiger partial charge on any atom is 0.261 e. The third-order valence-corrected chi connectivity index (χ3v) is 5.84. The Morgan fingerprint density at radius 2 is 2.07 bits per heavy atom. The van der Waals surface area contributed by atoms with Crippen LogP contribution in [0.5, 0.6) is 0 Å². The van der Waals surface area contributed by atoms with Gasteiger partial charge in [-0.25, -0.2) is 4.98 Å². The molecule has 4 rings (SSSR count). The third kappa shape index (κ3) is 3.52. The minimum atomic E-state index is -0.315. The molecule has 28 heavy (non-hydrogen) atoms. The molecule has 2 N–H and O–H groups in total. The second-order valence-electron chi connectivity index (χ2n) is 7.49. The molecule has 0 spiro atoms. The van der Waals surface area contributed by atoms with Crippen LogP contribution in [0.25, 0.3) is 10.9 Å². The van der Waals surface area contributed by atoms with Gasteiger partial charge in [0.25, 0.3) is 5.56 Å². The molecule has 1 saturated heterocycles. The number of hydrogen-bond acceptors (Lipinski definition) is 5. The van der Waals surface area contributed by atoms with Crippen molar-refractivity contribution in [1.29, 1.82) is 0 Å². The van der Waals surface area contributed by atoms with Gasteiger partial charge in [0.15, 0.2) is 0 Å². The van der Waals surface area contributed by atoms with Gasteiger partial charge in [0, 0.05) is 25.4 Å². The summed E-state index contributed by atoms with van der Waals surface area (Å²) in [6, 6.07) is 7.03. The van der Waals surface area contributed by atoms with Crippen molar-refractivity contribution in [2.24, 2.45) is 11.7 Å². The number of nitrogens with zero attached hydrogens (tertiary/aromatic N) is 3. The van der Waals surface area contributed by atoms with Gasteiger partial charge < -0.3 is 15.4 Å². The van der Waals surface area contributed by atoms with Crippen molar-refractivity contribution in [2.45, 2.75) is 44.4 Å². The van der Waals surface area contributed by atoms with Crippen molar-refractivity contribution < 1.29 is 14.3 Å². The van der Waals surface area contributed by atoms with Crippen LogP contribution < -0.4 is 11.3 Å². The van der Waals surface area contributed by atoms with Gasteiger partial charge in [-0.15, -0.1) is 0 Å². The van der Waals surface area contributed by atoms with E-state index in [1.807, 2.05) is 11.0 Å². The number of rotatable bonds is 4. The minimum Gasteiger partial charge on any atom is -0.374 e. The molecule has 2 aliphatic rings. The highest BCUT2D eigenvalue weighted by Gasteiger charge is 2.41. The maximum absolute atomic E-state index is 12.9. The quantitative estimate of drug-likeness (QED) is 0.834. The number of hydrogen-bond donors (Lipinski definition) is 1. The summed E-state index contributed by atoms with van der Waals surface area (Å²) in [6.07, 6.45) is 3.63. The molecule has 1 saturated carbocycles. The van der Waals surface area contributed by atoms with Gasteiger partial charge in [-0.1, -0.05) is 12.1 Å². The van der Waals surface area contributed by atoms with Crippen LogP contribution in [0.2, 0.25) is 0 Å². The Kier molecular flexibility index (Phi) is 5.13. The molecule has 8 nitrogen and oxygen atoms in total. The molecule has 0 unspecified atom stereocenters. The summed E-state index contributed by atoms with van der Waals surface area (Å²) in [5.74, 6) is -0.570. The van der Waals surface area contributed by atoms with E-state index in [2.05, 4.69) is 4.98 Å². The van der Waals surface area contributed by atoms with E-state index in [-0.39, 0.29) is 48.4 Å². The first-order valence-corrected chi connectivity index (χ1v) is 9.69. The van der Waals surface area contributed by atoms with Crippen molar-refractivity contribution >= 4 is 22.7 Å². The smallest absolute Gasteiger partial charge is 0.261 e. The zero-order valence-corrected chi connectivity index (χ0v) is 15.6. The van der Waals surface area contributed by atoms with E-state index >= 15 is 0 Å². The number of fused-ring (bicyclic) bond motifs is 2. The molecule has 3 atom stereocenters. The molecule has 2 aromatic rings. The van der Waals surface area contributed by atoms with E-state index in [1.54, 1.807) is 18.2 Å². The van der Waals surface area contributed by atoms with Gasteiger partial charge >= 0.3 is 0 Å². The Morgan fingerprint density at radius 3 is 2.89 bits per heavy atom. The SMILES string of the molecule is NC(=O)[C@H]1CC[C@H]2OCCN(C(=O)CCn3cnc4ccccc4c3=O)[C@@H]2C1. The largest absolute Gasteiger partial charge is 0.374 e. The van der Waals surface area contributed by atoms with Crippen LogP contribution in [0, 0.1) is 5.92 Å². The predicted octanol–water partition coefficient (Wildman–Crippen LogP) is 0.668. The molecular formula is C20H24N4O4. The van der Waals surface area contributed by atoms with Crippen LogP contribution in [-0.4, -0.2) is 51.6 Å². The maximum atomic E-state index is 12.9. The van der Waals surface area contributed by atoms with E-state index in [0.29, 0.717) is 36.9 Å². The first-order chi connectivity index (χ1) is 13.5. The van der Waals surface area contributed by atoms with E-state index in [1.165, 1.54) is 10.9 Å². The lowest BCUT2D eigenvalue weighted by molar-refractivity contribution is -0.153. The number of carbonyl (C=O) groups is 2. The molecule has 148 valence electrons. The lowest BCUT2D eigenvalue weighted by atomic mass is 9.81. The second kappa shape index (κ2) is 7.71. The molecule has 1 aliphatic heterocycles. The number of benzene rings is 1. The van der Waals surface area contributed by atoms with Gasteiger partial charge in [-0.2, -0.15) is 0 Å². The fourth-order valence-corrected chi connectivity index (χ4v) is 4.30. The molecule has 1 aromatic heterocycles. The summed E-state index contributed by atoms with van der Waals surface area (Å²) in [4.78, 5) is 43.2. The summed E-state index contributed by atoms with van der Waals surface area (Å²) < 4.78 is 7.29. The zero-order chi connectivity index (χ0) is 19.7. The van der Waals surface area contributed by atoms with E-state index in [0.717, 1.165) is 6.42 Å². The lowest BCUT2D eigenvalue weighted by Crippen LogP contribution is -2.57. The monoisotopic (exact) mass is 384 g/mol. The van der Waals surface area contributed by atoms with Crippen molar-refractivity contribution in [3.05, 3.63) is 40.9 Å². The fraction of sp³-hybridized carbons (Fsp3) is 0.500. The Hall–Kier alpha value is -2.74. The molecular weight excluding hydrogens is 360 g/mol. The number of morpholine rings is 1. The summed E-state index contributed by atoms with van der Waals surface area (Å²) in [6.45, 7) is 1.26. The Morgan fingerprint density at radius 1 is 1.25 bits per heavy atom. The van der Waals surface area contributed by atoms with Gasteiger partial charge in [-0.3, -0.25) is 19.0 Å².